The monoisotopic (exact) mass is 224 g/mol. The lowest BCUT2D eigenvalue weighted by molar-refractivity contribution is 0.0377. The van der Waals surface area contributed by atoms with Gasteiger partial charge in [-0.2, -0.15) is 0 Å². The van der Waals surface area contributed by atoms with E-state index in [1.165, 1.54) is 18.2 Å². The van der Waals surface area contributed by atoms with Crippen LogP contribution in [0.25, 0.3) is 0 Å². The Hall–Kier alpha value is -1.71. The van der Waals surface area contributed by atoms with Crippen molar-refractivity contribution >= 4 is 5.97 Å². The number of hydrogen-bond donors (Lipinski definition) is 1. The molecule has 0 aliphatic rings. The molecule has 0 atom stereocenters. The molecule has 0 aliphatic heterocycles. The second-order valence-corrected chi connectivity index (χ2v) is 3.57. The van der Waals surface area contributed by atoms with Crippen LogP contribution in [0.1, 0.15) is 31.1 Å². The lowest BCUT2D eigenvalue weighted by Gasteiger charge is -2.10. The first-order chi connectivity index (χ1) is 7.54. The Morgan fingerprint density at radius 2 is 2.12 bits per heavy atom. The number of esters is 1. The summed E-state index contributed by atoms with van der Waals surface area (Å²) in [5.41, 5.74) is 0.370. The third kappa shape index (κ3) is 3.15. The van der Waals surface area contributed by atoms with E-state index >= 15 is 0 Å². The van der Waals surface area contributed by atoms with Gasteiger partial charge < -0.3 is 14.6 Å². The third-order valence-corrected chi connectivity index (χ3v) is 1.84. The molecule has 0 radical (unpaired) electrons. The van der Waals surface area contributed by atoms with E-state index in [0.717, 1.165) is 0 Å². The standard InChI is InChI=1S/C12H16O4/c1-4-15-11-7-9(5-6-10(11)13)12(14)16-8(2)3/h5-8,13H,4H2,1-3H3. The number of phenols is 1. The first-order valence-corrected chi connectivity index (χ1v) is 5.21. The van der Waals surface area contributed by atoms with Crippen LogP contribution >= 0.6 is 0 Å². The molecule has 0 amide bonds. The van der Waals surface area contributed by atoms with Crippen molar-refractivity contribution in [1.29, 1.82) is 0 Å². The summed E-state index contributed by atoms with van der Waals surface area (Å²) in [5.74, 6) is -0.111. The maximum Gasteiger partial charge on any atom is 0.338 e. The van der Waals surface area contributed by atoms with Crippen LogP contribution in [-0.4, -0.2) is 23.8 Å². The minimum absolute atomic E-state index is 0.0166. The summed E-state index contributed by atoms with van der Waals surface area (Å²) in [7, 11) is 0. The first kappa shape index (κ1) is 12.4. The minimum atomic E-state index is -0.420. The van der Waals surface area contributed by atoms with Gasteiger partial charge in [-0.3, -0.25) is 0 Å². The summed E-state index contributed by atoms with van der Waals surface area (Å²) in [6.07, 6.45) is -0.170. The van der Waals surface area contributed by atoms with Crippen molar-refractivity contribution in [3.63, 3.8) is 0 Å². The maximum atomic E-state index is 11.6. The highest BCUT2D eigenvalue weighted by Gasteiger charge is 2.12. The molecule has 0 aliphatic carbocycles. The Balaban J connectivity index is 2.89. The molecule has 1 aromatic carbocycles. The normalized spacial score (nSPS) is 10.2. The zero-order valence-electron chi connectivity index (χ0n) is 9.69. The molecule has 0 aromatic heterocycles. The minimum Gasteiger partial charge on any atom is -0.504 e. The van der Waals surface area contributed by atoms with E-state index in [9.17, 15) is 9.90 Å². The lowest BCUT2D eigenvalue weighted by Crippen LogP contribution is -2.11. The van der Waals surface area contributed by atoms with E-state index in [2.05, 4.69) is 0 Å². The molecule has 0 bridgehead atoms. The van der Waals surface area contributed by atoms with Crippen molar-refractivity contribution < 1.29 is 19.4 Å². The molecular formula is C12H16O4. The quantitative estimate of drug-likeness (QED) is 0.797. The van der Waals surface area contributed by atoms with Crippen LogP contribution in [0.4, 0.5) is 0 Å². The number of hydrogen-bond acceptors (Lipinski definition) is 4. The second-order valence-electron chi connectivity index (χ2n) is 3.57. The predicted molar refractivity (Wildman–Crippen MR) is 59.8 cm³/mol. The van der Waals surface area contributed by atoms with E-state index in [0.29, 0.717) is 17.9 Å². The van der Waals surface area contributed by atoms with Crippen LogP contribution in [0.5, 0.6) is 11.5 Å². The highest BCUT2D eigenvalue weighted by atomic mass is 16.5. The van der Waals surface area contributed by atoms with Gasteiger partial charge in [0.25, 0.3) is 0 Å². The fraction of sp³-hybridized carbons (Fsp3) is 0.417. The Bertz CT molecular complexity index is 371. The number of rotatable bonds is 4. The van der Waals surface area contributed by atoms with E-state index in [1.54, 1.807) is 20.8 Å². The number of aromatic hydroxyl groups is 1. The van der Waals surface area contributed by atoms with E-state index < -0.39 is 5.97 Å². The molecule has 0 saturated carbocycles. The van der Waals surface area contributed by atoms with Gasteiger partial charge in [-0.15, -0.1) is 0 Å². The molecule has 0 unspecified atom stereocenters. The van der Waals surface area contributed by atoms with Gasteiger partial charge >= 0.3 is 5.97 Å². The number of benzene rings is 1. The Morgan fingerprint density at radius 3 is 2.69 bits per heavy atom. The van der Waals surface area contributed by atoms with E-state index in [1.807, 2.05) is 0 Å². The van der Waals surface area contributed by atoms with Crippen LogP contribution in [0.3, 0.4) is 0 Å². The van der Waals surface area contributed by atoms with Crippen LogP contribution in [-0.2, 0) is 4.74 Å². The van der Waals surface area contributed by atoms with Gasteiger partial charge in [0.05, 0.1) is 18.3 Å². The van der Waals surface area contributed by atoms with Crippen molar-refractivity contribution in [1.82, 2.24) is 0 Å². The van der Waals surface area contributed by atoms with Gasteiger partial charge in [0.1, 0.15) is 0 Å². The average molecular weight is 224 g/mol. The SMILES string of the molecule is CCOc1cc(C(=O)OC(C)C)ccc1O. The number of carbonyl (C=O) groups is 1. The zero-order chi connectivity index (χ0) is 12.1. The molecule has 88 valence electrons. The lowest BCUT2D eigenvalue weighted by atomic mass is 10.2. The summed E-state index contributed by atoms with van der Waals surface area (Å²) in [6, 6.07) is 4.40. The molecule has 1 N–H and O–H groups in total. The van der Waals surface area contributed by atoms with Crippen LogP contribution in [0.15, 0.2) is 18.2 Å². The van der Waals surface area contributed by atoms with E-state index in [-0.39, 0.29) is 11.9 Å². The highest BCUT2D eigenvalue weighted by Crippen LogP contribution is 2.27. The predicted octanol–water partition coefficient (Wildman–Crippen LogP) is 2.36. The number of phenolic OH excluding ortho intramolecular Hbond substituents is 1. The molecular weight excluding hydrogens is 208 g/mol. The van der Waals surface area contributed by atoms with Crippen molar-refractivity contribution in [2.24, 2.45) is 0 Å². The molecule has 4 heteroatoms. The summed E-state index contributed by atoms with van der Waals surface area (Å²) < 4.78 is 10.2. The zero-order valence-corrected chi connectivity index (χ0v) is 9.69. The summed E-state index contributed by atoms with van der Waals surface area (Å²) in [5, 5.41) is 9.45. The largest absolute Gasteiger partial charge is 0.504 e. The van der Waals surface area contributed by atoms with Gasteiger partial charge in [0.2, 0.25) is 0 Å². The summed E-state index contributed by atoms with van der Waals surface area (Å²) >= 11 is 0. The van der Waals surface area contributed by atoms with Crippen LogP contribution < -0.4 is 4.74 Å². The van der Waals surface area contributed by atoms with Crippen LogP contribution in [0, 0.1) is 0 Å². The molecule has 1 aromatic rings. The molecule has 0 heterocycles. The molecule has 1 rings (SSSR count). The molecule has 0 saturated heterocycles. The van der Waals surface area contributed by atoms with E-state index in [4.69, 9.17) is 9.47 Å². The molecule has 4 nitrogen and oxygen atoms in total. The van der Waals surface area contributed by atoms with Crippen LogP contribution in [0.2, 0.25) is 0 Å². The highest BCUT2D eigenvalue weighted by molar-refractivity contribution is 5.90. The molecule has 16 heavy (non-hydrogen) atoms. The molecule has 0 spiro atoms. The fourth-order valence-electron chi connectivity index (χ4n) is 1.19. The van der Waals surface area contributed by atoms with Crippen molar-refractivity contribution in [2.75, 3.05) is 6.61 Å². The Kier molecular flexibility index (Phi) is 4.17. The summed E-state index contributed by atoms with van der Waals surface area (Å²) in [6.45, 7) is 5.79. The number of ether oxygens (including phenoxy) is 2. The number of carbonyl (C=O) groups excluding carboxylic acids is 1. The smallest absolute Gasteiger partial charge is 0.338 e. The van der Waals surface area contributed by atoms with Crippen molar-refractivity contribution in [2.45, 2.75) is 26.9 Å². The molecule has 0 fully saturated rings. The average Bonchev–Trinajstić information content (AvgIpc) is 2.20. The maximum absolute atomic E-state index is 11.6. The van der Waals surface area contributed by atoms with Gasteiger partial charge in [-0.05, 0) is 39.0 Å². The summed E-state index contributed by atoms with van der Waals surface area (Å²) in [4.78, 5) is 11.6. The topological polar surface area (TPSA) is 55.8 Å². The van der Waals surface area contributed by atoms with Gasteiger partial charge in [0.15, 0.2) is 11.5 Å². The van der Waals surface area contributed by atoms with Gasteiger partial charge in [-0.1, -0.05) is 0 Å². The fourth-order valence-corrected chi connectivity index (χ4v) is 1.19. The second kappa shape index (κ2) is 5.39. The first-order valence-electron chi connectivity index (χ1n) is 5.21. The van der Waals surface area contributed by atoms with Crippen molar-refractivity contribution in [3.05, 3.63) is 23.8 Å². The van der Waals surface area contributed by atoms with Crippen molar-refractivity contribution in [3.8, 4) is 11.5 Å². The third-order valence-electron chi connectivity index (χ3n) is 1.84. The van der Waals surface area contributed by atoms with Gasteiger partial charge in [0, 0.05) is 0 Å². The van der Waals surface area contributed by atoms with Gasteiger partial charge in [-0.25, -0.2) is 4.79 Å². The Morgan fingerprint density at radius 1 is 1.44 bits per heavy atom. The Labute approximate surface area is 94.8 Å².